The zero-order chi connectivity index (χ0) is 31.4. The van der Waals surface area contributed by atoms with E-state index in [1.54, 1.807) is 10.8 Å². The number of pyridine rings is 1. The van der Waals surface area contributed by atoms with Gasteiger partial charge in [0.1, 0.15) is 17.7 Å². The van der Waals surface area contributed by atoms with Crippen LogP contribution >= 0.6 is 0 Å². The Hall–Kier alpha value is -4.88. The number of nitrogens with zero attached hydrogens (tertiary/aromatic N) is 4. The molecule has 0 unspecified atom stereocenters. The fourth-order valence-electron chi connectivity index (χ4n) is 4.45. The number of piperidine rings is 1. The molecule has 2 aromatic carbocycles. The largest absolute Gasteiger partial charge is 0.435 e. The van der Waals surface area contributed by atoms with Crippen LogP contribution in [0.3, 0.4) is 0 Å². The van der Waals surface area contributed by atoms with Crippen LogP contribution in [0, 0.1) is 34.6 Å². The Bertz CT molecular complexity index is 1860. The standard InChI is InChI=1S/C28H22F5N7O3S/c29-17-4-3-15(16(8-17)11-34)14-44(41,42)40-26-21(31)10-23(24(32)25(26)33)43-27-20(2-1-6-36-27)22-5-7-37-28(39-22)38-19-9-18(30)12-35-13-19/h1-8,10,18-19,35,40H,9,12-14H2,(H,37,38,39)/t18-,19-/m0/s1. The first-order valence-electron chi connectivity index (χ1n) is 13.0. The summed E-state index contributed by atoms with van der Waals surface area (Å²) in [6.45, 7) is 0.740. The van der Waals surface area contributed by atoms with Gasteiger partial charge < -0.3 is 15.4 Å². The van der Waals surface area contributed by atoms with E-state index in [2.05, 4.69) is 25.6 Å². The van der Waals surface area contributed by atoms with Crippen molar-refractivity contribution in [2.45, 2.75) is 24.4 Å². The van der Waals surface area contributed by atoms with Gasteiger partial charge >= 0.3 is 0 Å². The predicted octanol–water partition coefficient (Wildman–Crippen LogP) is 4.81. The molecular formula is C28H22F5N7O3S. The fraction of sp³-hybridized carbons (Fsp3) is 0.214. The van der Waals surface area contributed by atoms with Crippen LogP contribution in [0.25, 0.3) is 11.3 Å². The first-order chi connectivity index (χ1) is 21.0. The van der Waals surface area contributed by atoms with Gasteiger partial charge in [-0.3, -0.25) is 4.72 Å². The molecule has 0 radical (unpaired) electrons. The predicted molar refractivity (Wildman–Crippen MR) is 149 cm³/mol. The van der Waals surface area contributed by atoms with E-state index < -0.39 is 56.7 Å². The summed E-state index contributed by atoms with van der Waals surface area (Å²) in [5.41, 5.74) is -1.33. The molecular weight excluding hydrogens is 609 g/mol. The van der Waals surface area contributed by atoms with Crippen LogP contribution in [0.1, 0.15) is 17.5 Å². The normalized spacial score (nSPS) is 16.6. The summed E-state index contributed by atoms with van der Waals surface area (Å²) in [4.78, 5) is 12.5. The number of benzene rings is 2. The second-order valence-corrected chi connectivity index (χ2v) is 11.4. The third-order valence-corrected chi connectivity index (χ3v) is 7.67. The van der Waals surface area contributed by atoms with Crippen molar-refractivity contribution in [2.75, 3.05) is 23.1 Å². The Morgan fingerprint density at radius 2 is 1.86 bits per heavy atom. The van der Waals surface area contributed by atoms with Gasteiger partial charge in [-0.25, -0.2) is 40.9 Å². The maximum atomic E-state index is 15.1. The number of hydrogen-bond donors (Lipinski definition) is 3. The number of hydrogen-bond acceptors (Lipinski definition) is 9. The first-order valence-corrected chi connectivity index (χ1v) is 14.6. The molecule has 0 spiro atoms. The van der Waals surface area contributed by atoms with Crippen molar-refractivity contribution < 1.29 is 35.1 Å². The minimum Gasteiger partial charge on any atom is -0.435 e. The van der Waals surface area contributed by atoms with E-state index in [9.17, 15) is 21.6 Å². The van der Waals surface area contributed by atoms with E-state index in [0.29, 0.717) is 12.6 Å². The minimum absolute atomic E-state index is 0.143. The number of aromatic nitrogens is 3. The summed E-state index contributed by atoms with van der Waals surface area (Å²) in [6, 6.07) is 9.05. The van der Waals surface area contributed by atoms with Crippen LogP contribution < -0.4 is 20.1 Å². The van der Waals surface area contributed by atoms with Gasteiger partial charge in [0.25, 0.3) is 0 Å². The van der Waals surface area contributed by atoms with Crippen LogP contribution in [-0.2, 0) is 15.8 Å². The Kier molecular flexibility index (Phi) is 8.88. The average Bonchev–Trinajstić information content (AvgIpc) is 2.99. The molecule has 3 N–H and O–H groups in total. The molecule has 5 rings (SSSR count). The van der Waals surface area contributed by atoms with Crippen molar-refractivity contribution in [3.8, 4) is 29.0 Å². The van der Waals surface area contributed by atoms with E-state index in [-0.39, 0.29) is 53.2 Å². The lowest BCUT2D eigenvalue weighted by Crippen LogP contribution is -2.44. The molecule has 1 aliphatic heterocycles. The summed E-state index contributed by atoms with van der Waals surface area (Å²) >= 11 is 0. The van der Waals surface area contributed by atoms with Crippen LogP contribution in [0.2, 0.25) is 0 Å². The van der Waals surface area contributed by atoms with Gasteiger partial charge in [-0.05, 0) is 35.9 Å². The Labute approximate surface area is 248 Å². The van der Waals surface area contributed by atoms with Gasteiger partial charge in [0.15, 0.2) is 17.4 Å². The Morgan fingerprint density at radius 1 is 1.05 bits per heavy atom. The van der Waals surface area contributed by atoms with E-state index in [1.165, 1.54) is 30.6 Å². The van der Waals surface area contributed by atoms with Crippen molar-refractivity contribution in [3.05, 3.63) is 89.3 Å². The van der Waals surface area contributed by atoms with Gasteiger partial charge in [-0.2, -0.15) is 9.65 Å². The molecule has 2 atom stereocenters. The molecule has 0 aliphatic carbocycles. The van der Waals surface area contributed by atoms with Crippen LogP contribution in [0.4, 0.5) is 33.6 Å². The van der Waals surface area contributed by atoms with Crippen LogP contribution in [0.15, 0.2) is 54.9 Å². The molecule has 2 aromatic heterocycles. The van der Waals surface area contributed by atoms with Gasteiger partial charge in [0.2, 0.25) is 27.7 Å². The monoisotopic (exact) mass is 631 g/mol. The summed E-state index contributed by atoms with van der Waals surface area (Å²) in [5.74, 6) is -7.94. The molecule has 1 fully saturated rings. The van der Waals surface area contributed by atoms with E-state index in [0.717, 1.165) is 18.2 Å². The van der Waals surface area contributed by atoms with Gasteiger partial charge in [-0.15, -0.1) is 0 Å². The third-order valence-electron chi connectivity index (χ3n) is 6.46. The lowest BCUT2D eigenvalue weighted by Gasteiger charge is -2.26. The molecule has 0 saturated carbocycles. The molecule has 0 amide bonds. The molecule has 0 bridgehead atoms. The summed E-state index contributed by atoms with van der Waals surface area (Å²) < 4.78 is 105. The van der Waals surface area contributed by atoms with E-state index in [1.807, 2.05) is 0 Å². The van der Waals surface area contributed by atoms with Crippen molar-refractivity contribution in [3.63, 3.8) is 0 Å². The molecule has 16 heteroatoms. The Balaban J connectivity index is 1.38. The second kappa shape index (κ2) is 12.8. The molecule has 228 valence electrons. The molecule has 4 aromatic rings. The van der Waals surface area contributed by atoms with Crippen molar-refractivity contribution in [1.29, 1.82) is 5.26 Å². The second-order valence-electron chi connectivity index (χ2n) is 9.69. The van der Waals surface area contributed by atoms with Crippen LogP contribution in [-0.4, -0.2) is 48.7 Å². The molecule has 1 aliphatic rings. The van der Waals surface area contributed by atoms with Crippen molar-refractivity contribution in [2.24, 2.45) is 0 Å². The fourth-order valence-corrected chi connectivity index (χ4v) is 5.68. The number of rotatable bonds is 9. The highest BCUT2D eigenvalue weighted by atomic mass is 32.2. The number of sulfonamides is 1. The maximum Gasteiger partial charge on any atom is 0.237 e. The molecule has 44 heavy (non-hydrogen) atoms. The zero-order valence-corrected chi connectivity index (χ0v) is 23.3. The summed E-state index contributed by atoms with van der Waals surface area (Å²) in [6.07, 6.45) is 1.91. The smallest absolute Gasteiger partial charge is 0.237 e. The Morgan fingerprint density at radius 3 is 2.64 bits per heavy atom. The number of nitriles is 1. The third kappa shape index (κ3) is 7.01. The number of halogens is 5. The maximum absolute atomic E-state index is 15.1. The average molecular weight is 632 g/mol. The van der Waals surface area contributed by atoms with Crippen molar-refractivity contribution in [1.82, 2.24) is 20.3 Å². The molecule has 3 heterocycles. The van der Waals surface area contributed by atoms with Crippen molar-refractivity contribution >= 4 is 21.7 Å². The van der Waals surface area contributed by atoms with Gasteiger partial charge in [-0.1, -0.05) is 6.07 Å². The lowest BCUT2D eigenvalue weighted by atomic mass is 10.1. The SMILES string of the molecule is N#Cc1cc(F)ccc1CS(=O)(=O)Nc1c(F)cc(Oc2ncccc2-c2ccnc(N[C@@H]3CNC[C@@H](F)C3)n2)c(F)c1F. The van der Waals surface area contributed by atoms with E-state index >= 15 is 8.78 Å². The zero-order valence-electron chi connectivity index (χ0n) is 22.5. The quantitative estimate of drug-likeness (QED) is 0.175. The van der Waals surface area contributed by atoms with Gasteiger partial charge in [0, 0.05) is 44.0 Å². The number of nitrogens with one attached hydrogen (secondary N) is 3. The topological polar surface area (TPSA) is 142 Å². The number of alkyl halides is 1. The van der Waals surface area contributed by atoms with Gasteiger partial charge in [0.05, 0.1) is 28.6 Å². The number of anilines is 2. The summed E-state index contributed by atoms with van der Waals surface area (Å²) in [7, 11) is -4.60. The highest BCUT2D eigenvalue weighted by Gasteiger charge is 2.26. The minimum atomic E-state index is -4.60. The lowest BCUT2D eigenvalue weighted by molar-refractivity contribution is 0.254. The summed E-state index contributed by atoms with van der Waals surface area (Å²) in [5, 5.41) is 15.1. The highest BCUT2D eigenvalue weighted by Crippen LogP contribution is 2.36. The highest BCUT2D eigenvalue weighted by molar-refractivity contribution is 7.91. The van der Waals surface area contributed by atoms with E-state index in [4.69, 9.17) is 10.00 Å². The van der Waals surface area contributed by atoms with Crippen LogP contribution in [0.5, 0.6) is 11.6 Å². The molecule has 10 nitrogen and oxygen atoms in total. The first kappa shape index (κ1) is 30.6. The molecule has 1 saturated heterocycles. The number of ether oxygens (including phenoxy) is 1.